The van der Waals surface area contributed by atoms with Crippen molar-refractivity contribution in [1.29, 1.82) is 0 Å². The molecule has 1 fully saturated rings. The van der Waals surface area contributed by atoms with Crippen LogP contribution in [0.4, 0.5) is 0 Å². The fraction of sp³-hybridized carbons (Fsp3) is 0.333. The highest BCUT2D eigenvalue weighted by Gasteiger charge is 2.26. The zero-order valence-corrected chi connectivity index (χ0v) is 12.4. The summed E-state index contributed by atoms with van der Waals surface area (Å²) in [7, 11) is 0. The average molecular weight is 306 g/mol. The number of benzene rings is 1. The van der Waals surface area contributed by atoms with Crippen LogP contribution in [0.1, 0.15) is 17.4 Å². The Bertz CT molecular complexity index is 639. The number of aromatic nitrogens is 1. The summed E-state index contributed by atoms with van der Waals surface area (Å²) >= 11 is 5.86. The second-order valence-corrected chi connectivity index (χ2v) is 5.57. The molecule has 1 saturated heterocycles. The predicted molar refractivity (Wildman–Crippen MR) is 80.3 cm³/mol. The van der Waals surface area contributed by atoms with E-state index in [2.05, 4.69) is 10.5 Å². The number of carbonyl (C=O) groups is 1. The lowest BCUT2D eigenvalue weighted by Crippen LogP contribution is -2.52. The van der Waals surface area contributed by atoms with Crippen molar-refractivity contribution in [3.8, 4) is 11.3 Å². The lowest BCUT2D eigenvalue weighted by molar-refractivity contribution is 0.0645. The Kier molecular flexibility index (Phi) is 3.94. The molecule has 0 spiro atoms. The zero-order valence-electron chi connectivity index (χ0n) is 11.7. The van der Waals surface area contributed by atoms with Gasteiger partial charge in [-0.3, -0.25) is 4.79 Å². The number of rotatable bonds is 2. The van der Waals surface area contributed by atoms with Crippen LogP contribution in [-0.4, -0.2) is 41.6 Å². The molecule has 110 valence electrons. The molecule has 6 heteroatoms. The molecule has 1 aliphatic rings. The molecule has 0 aliphatic carbocycles. The van der Waals surface area contributed by atoms with E-state index in [1.807, 2.05) is 24.0 Å². The van der Waals surface area contributed by atoms with Crippen LogP contribution >= 0.6 is 11.6 Å². The summed E-state index contributed by atoms with van der Waals surface area (Å²) in [5, 5.41) is 7.82. The van der Waals surface area contributed by atoms with Crippen LogP contribution in [0.5, 0.6) is 0 Å². The lowest BCUT2D eigenvalue weighted by atomic mass is 10.1. The van der Waals surface area contributed by atoms with Crippen LogP contribution in [0.2, 0.25) is 5.02 Å². The number of piperazine rings is 1. The van der Waals surface area contributed by atoms with Crippen LogP contribution in [0.25, 0.3) is 11.3 Å². The van der Waals surface area contributed by atoms with E-state index in [-0.39, 0.29) is 11.9 Å². The Hall–Kier alpha value is -1.85. The highest BCUT2D eigenvalue weighted by molar-refractivity contribution is 6.30. The third kappa shape index (κ3) is 2.94. The van der Waals surface area contributed by atoms with Crippen molar-refractivity contribution < 1.29 is 9.32 Å². The molecule has 1 amide bonds. The third-order valence-corrected chi connectivity index (χ3v) is 3.87. The van der Waals surface area contributed by atoms with E-state index < -0.39 is 0 Å². The smallest absolute Gasteiger partial charge is 0.276 e. The molecule has 1 N–H and O–H groups in total. The fourth-order valence-electron chi connectivity index (χ4n) is 2.42. The number of hydrogen-bond donors (Lipinski definition) is 1. The van der Waals surface area contributed by atoms with Gasteiger partial charge in [0, 0.05) is 42.3 Å². The summed E-state index contributed by atoms with van der Waals surface area (Å²) in [5.74, 6) is 0.478. The van der Waals surface area contributed by atoms with E-state index in [0.717, 1.165) is 18.7 Å². The van der Waals surface area contributed by atoms with Crippen molar-refractivity contribution >= 4 is 17.5 Å². The SMILES string of the molecule is CC1CNCCN1C(=O)c1cc(-c2ccc(Cl)cc2)on1. The first-order chi connectivity index (χ1) is 10.1. The molecule has 0 saturated carbocycles. The Labute approximate surface area is 127 Å². The van der Waals surface area contributed by atoms with E-state index >= 15 is 0 Å². The second-order valence-electron chi connectivity index (χ2n) is 5.13. The number of halogens is 1. The minimum Gasteiger partial charge on any atom is -0.355 e. The molecule has 3 rings (SSSR count). The molecule has 1 atom stereocenters. The van der Waals surface area contributed by atoms with Gasteiger partial charge in [-0.15, -0.1) is 0 Å². The quantitative estimate of drug-likeness (QED) is 0.926. The van der Waals surface area contributed by atoms with Crippen molar-refractivity contribution in [2.24, 2.45) is 0 Å². The molecular weight excluding hydrogens is 290 g/mol. The van der Waals surface area contributed by atoms with Gasteiger partial charge in [0.1, 0.15) is 0 Å². The van der Waals surface area contributed by atoms with Crippen LogP contribution in [0, 0.1) is 0 Å². The first-order valence-corrected chi connectivity index (χ1v) is 7.27. The molecule has 1 aromatic carbocycles. The molecule has 1 aromatic heterocycles. The largest absolute Gasteiger partial charge is 0.355 e. The number of nitrogens with one attached hydrogen (secondary N) is 1. The van der Waals surface area contributed by atoms with Crippen molar-refractivity contribution in [2.45, 2.75) is 13.0 Å². The Morgan fingerprint density at radius 2 is 2.19 bits per heavy atom. The molecule has 2 heterocycles. The monoisotopic (exact) mass is 305 g/mol. The first-order valence-electron chi connectivity index (χ1n) is 6.89. The zero-order chi connectivity index (χ0) is 14.8. The van der Waals surface area contributed by atoms with E-state index in [0.29, 0.717) is 23.0 Å². The van der Waals surface area contributed by atoms with Gasteiger partial charge in [-0.05, 0) is 31.2 Å². The van der Waals surface area contributed by atoms with Crippen molar-refractivity contribution in [3.63, 3.8) is 0 Å². The van der Waals surface area contributed by atoms with E-state index in [1.54, 1.807) is 18.2 Å². The summed E-state index contributed by atoms with van der Waals surface area (Å²) in [6.07, 6.45) is 0. The molecule has 1 aliphatic heterocycles. The summed E-state index contributed by atoms with van der Waals surface area (Å²) in [6, 6.07) is 9.07. The maximum Gasteiger partial charge on any atom is 0.276 e. The van der Waals surface area contributed by atoms with E-state index in [4.69, 9.17) is 16.1 Å². The second kappa shape index (κ2) is 5.87. The van der Waals surface area contributed by atoms with Gasteiger partial charge in [0.15, 0.2) is 11.5 Å². The van der Waals surface area contributed by atoms with Crippen molar-refractivity contribution in [3.05, 3.63) is 41.0 Å². The predicted octanol–water partition coefficient (Wildman–Crippen LogP) is 2.43. The maximum atomic E-state index is 12.5. The van der Waals surface area contributed by atoms with E-state index in [1.165, 1.54) is 0 Å². The molecule has 2 aromatic rings. The van der Waals surface area contributed by atoms with Crippen LogP contribution < -0.4 is 5.32 Å². The van der Waals surface area contributed by atoms with Gasteiger partial charge < -0.3 is 14.7 Å². The highest BCUT2D eigenvalue weighted by Crippen LogP contribution is 2.23. The van der Waals surface area contributed by atoms with Crippen LogP contribution in [0.3, 0.4) is 0 Å². The van der Waals surface area contributed by atoms with Crippen molar-refractivity contribution in [1.82, 2.24) is 15.4 Å². The third-order valence-electron chi connectivity index (χ3n) is 3.62. The summed E-state index contributed by atoms with van der Waals surface area (Å²) in [4.78, 5) is 14.3. The molecule has 0 bridgehead atoms. The lowest BCUT2D eigenvalue weighted by Gasteiger charge is -2.33. The number of carbonyl (C=O) groups excluding carboxylic acids is 1. The topological polar surface area (TPSA) is 58.4 Å². The highest BCUT2D eigenvalue weighted by atomic mass is 35.5. The van der Waals surface area contributed by atoms with E-state index in [9.17, 15) is 4.79 Å². The van der Waals surface area contributed by atoms with Gasteiger partial charge in [-0.1, -0.05) is 16.8 Å². The first kappa shape index (κ1) is 14.1. The molecule has 21 heavy (non-hydrogen) atoms. The fourth-order valence-corrected chi connectivity index (χ4v) is 2.54. The standard InChI is InChI=1S/C15H16ClN3O2/c1-10-9-17-6-7-19(10)15(20)13-8-14(21-18-13)11-2-4-12(16)5-3-11/h2-5,8,10,17H,6-7,9H2,1H3. The van der Waals surface area contributed by atoms with Crippen LogP contribution in [0.15, 0.2) is 34.9 Å². The summed E-state index contributed by atoms with van der Waals surface area (Å²) in [5.41, 5.74) is 1.19. The number of hydrogen-bond acceptors (Lipinski definition) is 4. The Morgan fingerprint density at radius 1 is 1.43 bits per heavy atom. The van der Waals surface area contributed by atoms with Gasteiger partial charge in [0.25, 0.3) is 5.91 Å². The van der Waals surface area contributed by atoms with Crippen LogP contribution in [-0.2, 0) is 0 Å². The Morgan fingerprint density at radius 3 is 2.90 bits per heavy atom. The number of nitrogens with zero attached hydrogens (tertiary/aromatic N) is 2. The molecular formula is C15H16ClN3O2. The minimum atomic E-state index is -0.0898. The summed E-state index contributed by atoms with van der Waals surface area (Å²) in [6.45, 7) is 4.30. The number of amides is 1. The van der Waals surface area contributed by atoms with Gasteiger partial charge in [0.2, 0.25) is 0 Å². The van der Waals surface area contributed by atoms with Gasteiger partial charge >= 0.3 is 0 Å². The van der Waals surface area contributed by atoms with Gasteiger partial charge in [-0.25, -0.2) is 0 Å². The normalized spacial score (nSPS) is 18.8. The van der Waals surface area contributed by atoms with Gasteiger partial charge in [-0.2, -0.15) is 0 Å². The molecule has 0 radical (unpaired) electrons. The minimum absolute atomic E-state index is 0.0898. The van der Waals surface area contributed by atoms with Crippen molar-refractivity contribution in [2.75, 3.05) is 19.6 Å². The maximum absolute atomic E-state index is 12.5. The average Bonchev–Trinajstić information content (AvgIpc) is 2.98. The summed E-state index contributed by atoms with van der Waals surface area (Å²) < 4.78 is 5.28. The molecule has 5 nitrogen and oxygen atoms in total. The Balaban J connectivity index is 1.81. The van der Waals surface area contributed by atoms with Gasteiger partial charge in [0.05, 0.1) is 0 Å². The molecule has 1 unspecified atom stereocenters.